The van der Waals surface area contributed by atoms with Crippen LogP contribution in [0.15, 0.2) is 65.2 Å². The molecule has 0 aliphatic heterocycles. The van der Waals surface area contributed by atoms with E-state index in [1.54, 1.807) is 55.5 Å². The number of amides is 1. The standard InChI is InChI=1S/C28H22F2N4O4S/c1-16(39(36)37)19-6-2-17(3-7-19)12-24(35)32-21-13-22(29)25(23(30)14-21)28(10-11-28)27-33-26(38-34-27)20-8-4-18(15-31)5-9-20/h2-9,13-14,16,39H,10-12H2,1H3,(H,32,35). The van der Waals surface area contributed by atoms with Crippen LogP contribution >= 0.6 is 0 Å². The van der Waals surface area contributed by atoms with Crippen LogP contribution in [0, 0.1) is 23.0 Å². The van der Waals surface area contributed by atoms with Gasteiger partial charge in [0.25, 0.3) is 5.89 Å². The molecule has 4 aromatic rings. The van der Waals surface area contributed by atoms with Crippen LogP contribution in [0.2, 0.25) is 0 Å². The summed E-state index contributed by atoms with van der Waals surface area (Å²) in [4.78, 5) is 16.9. The molecule has 1 N–H and O–H groups in total. The molecule has 1 unspecified atom stereocenters. The Morgan fingerprint density at radius 1 is 1.10 bits per heavy atom. The van der Waals surface area contributed by atoms with E-state index in [1.165, 1.54) is 0 Å². The Bertz CT molecular complexity index is 1640. The topological polar surface area (TPSA) is 126 Å². The van der Waals surface area contributed by atoms with Gasteiger partial charge in [0.2, 0.25) is 5.91 Å². The molecule has 3 aromatic carbocycles. The maximum absolute atomic E-state index is 15.3. The summed E-state index contributed by atoms with van der Waals surface area (Å²) in [7, 11) is -2.61. The Morgan fingerprint density at radius 2 is 1.74 bits per heavy atom. The predicted octanol–water partition coefficient (Wildman–Crippen LogP) is 4.82. The second kappa shape index (κ2) is 10.4. The van der Waals surface area contributed by atoms with E-state index in [9.17, 15) is 13.2 Å². The van der Waals surface area contributed by atoms with Crippen molar-refractivity contribution < 1.29 is 26.5 Å². The van der Waals surface area contributed by atoms with Crippen LogP contribution in [-0.2, 0) is 27.3 Å². The summed E-state index contributed by atoms with van der Waals surface area (Å²) in [5, 5.41) is 14.8. The van der Waals surface area contributed by atoms with Crippen LogP contribution in [0.3, 0.4) is 0 Å². The molecule has 0 spiro atoms. The lowest BCUT2D eigenvalue weighted by molar-refractivity contribution is -0.115. The number of halogens is 2. The number of nitrogens with one attached hydrogen (secondary N) is 1. The Hall–Kier alpha value is -4.43. The van der Waals surface area contributed by atoms with E-state index in [1.807, 2.05) is 6.07 Å². The predicted molar refractivity (Wildman–Crippen MR) is 138 cm³/mol. The zero-order valence-electron chi connectivity index (χ0n) is 20.6. The first-order valence-electron chi connectivity index (χ1n) is 12.1. The number of rotatable bonds is 8. The summed E-state index contributed by atoms with van der Waals surface area (Å²) in [6.45, 7) is 1.57. The molecule has 8 nitrogen and oxygen atoms in total. The third kappa shape index (κ3) is 5.28. The van der Waals surface area contributed by atoms with Crippen LogP contribution in [-0.4, -0.2) is 24.5 Å². The molecular formula is C28H22F2N4O4S. The number of hydrogen-bond donors (Lipinski definition) is 2. The number of thiol groups is 1. The molecule has 11 heteroatoms. The van der Waals surface area contributed by atoms with Gasteiger partial charge in [-0.3, -0.25) is 4.79 Å². The summed E-state index contributed by atoms with van der Waals surface area (Å²) in [6.07, 6.45) is 0.788. The minimum Gasteiger partial charge on any atom is -0.334 e. The maximum atomic E-state index is 15.3. The molecular weight excluding hydrogens is 526 g/mol. The number of nitriles is 1. The second-order valence-electron chi connectivity index (χ2n) is 9.44. The van der Waals surface area contributed by atoms with Gasteiger partial charge in [0.1, 0.15) is 22.3 Å². The van der Waals surface area contributed by atoms with Gasteiger partial charge < -0.3 is 9.84 Å². The summed E-state index contributed by atoms with van der Waals surface area (Å²) in [5.74, 6) is -1.82. The molecule has 198 valence electrons. The van der Waals surface area contributed by atoms with Crippen molar-refractivity contribution in [1.29, 1.82) is 5.26 Å². The molecule has 0 saturated heterocycles. The lowest BCUT2D eigenvalue weighted by atomic mass is 9.93. The van der Waals surface area contributed by atoms with E-state index in [0.29, 0.717) is 35.1 Å². The van der Waals surface area contributed by atoms with Crippen LogP contribution < -0.4 is 5.32 Å². The van der Waals surface area contributed by atoms with Crippen molar-refractivity contribution in [1.82, 2.24) is 10.1 Å². The zero-order valence-corrected chi connectivity index (χ0v) is 21.5. The first-order chi connectivity index (χ1) is 18.7. The van der Waals surface area contributed by atoms with Crippen molar-refractivity contribution in [2.24, 2.45) is 0 Å². The van der Waals surface area contributed by atoms with E-state index in [0.717, 1.165) is 12.1 Å². The maximum Gasteiger partial charge on any atom is 0.257 e. The summed E-state index contributed by atoms with van der Waals surface area (Å²) >= 11 is 0. The highest BCUT2D eigenvalue weighted by Crippen LogP contribution is 2.54. The molecule has 1 aromatic heterocycles. The van der Waals surface area contributed by atoms with Crippen LogP contribution in [0.25, 0.3) is 11.5 Å². The molecule has 0 bridgehead atoms. The van der Waals surface area contributed by atoms with Gasteiger partial charge in [-0.05, 0) is 67.3 Å². The average molecular weight is 549 g/mol. The van der Waals surface area contributed by atoms with Crippen molar-refractivity contribution >= 4 is 22.3 Å². The monoisotopic (exact) mass is 548 g/mol. The average Bonchev–Trinajstić information content (AvgIpc) is 3.54. The molecule has 5 rings (SSSR count). The molecule has 1 atom stereocenters. The molecule has 1 aliphatic rings. The largest absolute Gasteiger partial charge is 0.334 e. The van der Waals surface area contributed by atoms with Gasteiger partial charge in [-0.2, -0.15) is 10.2 Å². The lowest BCUT2D eigenvalue weighted by Gasteiger charge is -2.15. The molecule has 1 aliphatic carbocycles. The van der Waals surface area contributed by atoms with E-state index in [2.05, 4.69) is 15.5 Å². The number of anilines is 1. The molecule has 1 fully saturated rings. The quantitative estimate of drug-likeness (QED) is 0.302. The number of carbonyl (C=O) groups is 1. The van der Waals surface area contributed by atoms with Crippen LogP contribution in [0.4, 0.5) is 14.5 Å². The molecule has 0 radical (unpaired) electrons. The van der Waals surface area contributed by atoms with Crippen LogP contribution in [0.1, 0.15) is 53.1 Å². The van der Waals surface area contributed by atoms with E-state index < -0.39 is 38.9 Å². The summed E-state index contributed by atoms with van der Waals surface area (Å²) in [6, 6.07) is 17.2. The number of benzene rings is 3. The van der Waals surface area contributed by atoms with Gasteiger partial charge in [-0.25, -0.2) is 17.2 Å². The van der Waals surface area contributed by atoms with Crippen LogP contribution in [0.5, 0.6) is 0 Å². The Kier molecular flexibility index (Phi) is 6.97. The smallest absolute Gasteiger partial charge is 0.257 e. The number of carbonyl (C=O) groups excluding carboxylic acids is 1. The molecule has 39 heavy (non-hydrogen) atoms. The summed E-state index contributed by atoms with van der Waals surface area (Å²) in [5.41, 5.74) is 0.981. The second-order valence-corrected chi connectivity index (χ2v) is 10.8. The van der Waals surface area contributed by atoms with Crippen molar-refractivity contribution in [2.75, 3.05) is 5.32 Å². The highest BCUT2D eigenvalue weighted by atomic mass is 32.2. The van der Waals surface area contributed by atoms with E-state index in [4.69, 9.17) is 9.78 Å². The fourth-order valence-electron chi connectivity index (χ4n) is 4.46. The number of nitrogens with zero attached hydrogens (tertiary/aromatic N) is 3. The molecule has 1 amide bonds. The Morgan fingerprint density at radius 3 is 2.31 bits per heavy atom. The van der Waals surface area contributed by atoms with Gasteiger partial charge in [0, 0.05) is 16.8 Å². The summed E-state index contributed by atoms with van der Waals surface area (Å²) < 4.78 is 58.2. The highest BCUT2D eigenvalue weighted by molar-refractivity contribution is 7.72. The molecule has 1 saturated carbocycles. The van der Waals surface area contributed by atoms with Gasteiger partial charge in [-0.15, -0.1) is 0 Å². The van der Waals surface area contributed by atoms with E-state index in [-0.39, 0.29) is 29.4 Å². The number of aromatic nitrogens is 2. The van der Waals surface area contributed by atoms with Gasteiger partial charge in [-0.1, -0.05) is 29.4 Å². The third-order valence-electron chi connectivity index (χ3n) is 6.81. The van der Waals surface area contributed by atoms with Gasteiger partial charge in [0.15, 0.2) is 5.82 Å². The Labute approximate surface area is 224 Å². The molecule has 1 heterocycles. The van der Waals surface area contributed by atoms with Gasteiger partial charge >= 0.3 is 0 Å². The number of hydrogen-bond acceptors (Lipinski definition) is 7. The lowest BCUT2D eigenvalue weighted by Crippen LogP contribution is -2.18. The van der Waals surface area contributed by atoms with Crippen molar-refractivity contribution in [3.05, 3.63) is 100 Å². The third-order valence-corrected chi connectivity index (χ3v) is 7.74. The Balaban J connectivity index is 1.31. The van der Waals surface area contributed by atoms with Crippen molar-refractivity contribution in [3.8, 4) is 17.5 Å². The fraction of sp³-hybridized carbons (Fsp3) is 0.214. The SMILES string of the molecule is CC(c1ccc(CC(=O)Nc2cc(F)c(C3(c4noc(-c5ccc(C#N)cc5)n4)CC3)c(F)c2)cc1)[SH](=O)=O. The van der Waals surface area contributed by atoms with Crippen molar-refractivity contribution in [2.45, 2.75) is 36.9 Å². The highest BCUT2D eigenvalue weighted by Gasteiger charge is 2.53. The normalized spacial score (nSPS) is 14.5. The first kappa shape index (κ1) is 26.2. The van der Waals surface area contributed by atoms with Crippen molar-refractivity contribution in [3.63, 3.8) is 0 Å². The zero-order chi connectivity index (χ0) is 27.7. The van der Waals surface area contributed by atoms with E-state index >= 15 is 8.78 Å². The minimum atomic E-state index is -2.61. The van der Waals surface area contributed by atoms with Gasteiger partial charge in [0.05, 0.1) is 28.7 Å². The first-order valence-corrected chi connectivity index (χ1v) is 13.3. The minimum absolute atomic E-state index is 0.0328. The fourth-order valence-corrected chi connectivity index (χ4v) is 4.88.